The van der Waals surface area contributed by atoms with E-state index >= 15 is 0 Å². The maximum absolute atomic E-state index is 11.4. The Labute approximate surface area is 350 Å². The number of carbonyl (C=O) groups is 1. The topological polar surface area (TPSA) is 178 Å². The first-order valence-electron chi connectivity index (χ1n) is 22.1. The quantitative estimate of drug-likeness (QED) is 0.0658. The molecule has 16 nitrogen and oxygen atoms in total. The average Bonchev–Trinajstić information content (AvgIpc) is 3.23. The normalized spacial score (nSPS) is 12.1. The standard InChI is InChI=1S/C42H84O16/c1-2-3-4-5-6-7-8-9-10-11-12-13-15-46-17-19-48-21-23-50-25-27-52-29-31-54-33-35-56-37-38-57-36-34-55-32-30-53-28-26-51-24-22-49-20-18-47-16-14-42(45)58-40-41(44)39-43/h41,43-44H,2-40H2,1H3. The highest BCUT2D eigenvalue weighted by Gasteiger charge is 2.07. The number of carbonyl (C=O) groups excluding carboxylic acids is 1. The van der Waals surface area contributed by atoms with Gasteiger partial charge in [-0.25, -0.2) is 0 Å². The van der Waals surface area contributed by atoms with Crippen molar-refractivity contribution in [2.45, 2.75) is 96.5 Å². The molecule has 58 heavy (non-hydrogen) atoms. The molecule has 1 unspecified atom stereocenters. The summed E-state index contributed by atoms with van der Waals surface area (Å²) in [6.45, 7) is 13.4. The van der Waals surface area contributed by atoms with Crippen molar-refractivity contribution in [3.05, 3.63) is 0 Å². The summed E-state index contributed by atoms with van der Waals surface area (Å²) in [7, 11) is 0. The molecule has 0 aromatic carbocycles. The molecule has 0 fully saturated rings. The molecule has 0 aliphatic heterocycles. The first-order chi connectivity index (χ1) is 28.7. The van der Waals surface area contributed by atoms with E-state index in [1.165, 1.54) is 70.6 Å². The highest BCUT2D eigenvalue weighted by molar-refractivity contribution is 5.69. The van der Waals surface area contributed by atoms with E-state index in [-0.39, 0.29) is 19.6 Å². The third-order valence-electron chi connectivity index (χ3n) is 8.33. The lowest BCUT2D eigenvalue weighted by molar-refractivity contribution is -0.148. The van der Waals surface area contributed by atoms with Crippen LogP contribution >= 0.6 is 0 Å². The summed E-state index contributed by atoms with van der Waals surface area (Å²) in [4.78, 5) is 11.4. The van der Waals surface area contributed by atoms with E-state index in [1.807, 2.05) is 0 Å². The second-order valence-electron chi connectivity index (χ2n) is 13.5. The summed E-state index contributed by atoms with van der Waals surface area (Å²) in [5, 5.41) is 17.8. The van der Waals surface area contributed by atoms with Gasteiger partial charge in [0.25, 0.3) is 0 Å². The summed E-state index contributed by atoms with van der Waals surface area (Å²) >= 11 is 0. The van der Waals surface area contributed by atoms with Crippen LogP contribution in [0.25, 0.3) is 0 Å². The van der Waals surface area contributed by atoms with Crippen LogP contribution in [-0.4, -0.2) is 194 Å². The van der Waals surface area contributed by atoms with Gasteiger partial charge in [-0.3, -0.25) is 4.79 Å². The van der Waals surface area contributed by atoms with Crippen LogP contribution in [0, 0.1) is 0 Å². The second-order valence-corrected chi connectivity index (χ2v) is 13.5. The predicted octanol–water partition coefficient (Wildman–Crippen LogP) is 4.17. The Kier molecular flexibility index (Phi) is 51.1. The van der Waals surface area contributed by atoms with Crippen LogP contribution in [0.1, 0.15) is 90.4 Å². The van der Waals surface area contributed by atoms with E-state index in [2.05, 4.69) is 6.92 Å². The average molecular weight is 845 g/mol. The van der Waals surface area contributed by atoms with Crippen LogP contribution in [0.15, 0.2) is 0 Å². The molecule has 1 atom stereocenters. The molecular formula is C42H84O16. The Bertz CT molecular complexity index is 769. The van der Waals surface area contributed by atoms with Crippen molar-refractivity contribution >= 4 is 5.97 Å². The summed E-state index contributed by atoms with van der Waals surface area (Å²) in [6.07, 6.45) is 15.3. The van der Waals surface area contributed by atoms with Crippen molar-refractivity contribution in [1.82, 2.24) is 0 Å². The summed E-state index contributed by atoms with van der Waals surface area (Å²) in [5.74, 6) is -0.495. The third kappa shape index (κ3) is 51.1. The fourth-order valence-corrected chi connectivity index (χ4v) is 5.04. The third-order valence-corrected chi connectivity index (χ3v) is 8.33. The molecule has 2 N–H and O–H groups in total. The van der Waals surface area contributed by atoms with Gasteiger partial charge in [0.2, 0.25) is 0 Å². The Morgan fingerprint density at radius 1 is 0.362 bits per heavy atom. The van der Waals surface area contributed by atoms with Gasteiger partial charge < -0.3 is 71.8 Å². The van der Waals surface area contributed by atoms with Crippen LogP contribution in [0.4, 0.5) is 0 Å². The molecule has 0 spiro atoms. The van der Waals surface area contributed by atoms with Crippen molar-refractivity contribution in [2.24, 2.45) is 0 Å². The minimum atomic E-state index is -1.06. The molecular weight excluding hydrogens is 760 g/mol. The number of aliphatic hydroxyl groups is 2. The molecule has 0 heterocycles. The van der Waals surface area contributed by atoms with E-state index in [1.54, 1.807) is 0 Å². The van der Waals surface area contributed by atoms with Crippen molar-refractivity contribution in [3.8, 4) is 0 Å². The predicted molar refractivity (Wildman–Crippen MR) is 220 cm³/mol. The van der Waals surface area contributed by atoms with Crippen molar-refractivity contribution in [3.63, 3.8) is 0 Å². The molecule has 0 aromatic rings. The zero-order chi connectivity index (χ0) is 41.9. The first-order valence-corrected chi connectivity index (χ1v) is 22.1. The monoisotopic (exact) mass is 845 g/mol. The smallest absolute Gasteiger partial charge is 0.308 e. The van der Waals surface area contributed by atoms with Gasteiger partial charge in [-0.1, -0.05) is 77.6 Å². The number of esters is 1. The summed E-state index contributed by atoms with van der Waals surface area (Å²) < 4.78 is 70.6. The van der Waals surface area contributed by atoms with Crippen molar-refractivity contribution in [2.75, 3.05) is 172 Å². The van der Waals surface area contributed by atoms with Gasteiger partial charge in [0, 0.05) is 6.61 Å². The Morgan fingerprint density at radius 3 is 0.879 bits per heavy atom. The van der Waals surface area contributed by atoms with Gasteiger partial charge in [-0.05, 0) is 6.42 Å². The molecule has 0 amide bonds. The molecule has 0 aliphatic carbocycles. The minimum absolute atomic E-state index is 0.0669. The number of ether oxygens (including phenoxy) is 13. The number of hydrogen-bond acceptors (Lipinski definition) is 16. The number of hydrogen-bond donors (Lipinski definition) is 2. The van der Waals surface area contributed by atoms with Crippen LogP contribution < -0.4 is 0 Å². The van der Waals surface area contributed by atoms with Crippen LogP contribution in [0.5, 0.6) is 0 Å². The maximum atomic E-state index is 11.4. The molecule has 0 bridgehead atoms. The van der Waals surface area contributed by atoms with Gasteiger partial charge in [0.1, 0.15) is 12.7 Å². The minimum Gasteiger partial charge on any atom is -0.463 e. The van der Waals surface area contributed by atoms with E-state index < -0.39 is 18.7 Å². The lowest BCUT2D eigenvalue weighted by Gasteiger charge is -2.09. The molecule has 16 heteroatoms. The number of rotatable bonds is 52. The fourth-order valence-electron chi connectivity index (χ4n) is 5.04. The molecule has 0 aliphatic rings. The van der Waals surface area contributed by atoms with Crippen molar-refractivity contribution < 1.29 is 76.6 Å². The highest BCUT2D eigenvalue weighted by atomic mass is 16.6. The first kappa shape index (κ1) is 56.9. The summed E-state index contributed by atoms with van der Waals surface area (Å²) in [6, 6.07) is 0. The van der Waals surface area contributed by atoms with Gasteiger partial charge in [0.15, 0.2) is 0 Å². The fraction of sp³-hybridized carbons (Fsp3) is 0.976. The van der Waals surface area contributed by atoms with E-state index in [0.29, 0.717) is 145 Å². The molecule has 348 valence electrons. The van der Waals surface area contributed by atoms with Gasteiger partial charge in [0.05, 0.1) is 165 Å². The molecule has 0 saturated heterocycles. The van der Waals surface area contributed by atoms with Crippen molar-refractivity contribution in [1.29, 1.82) is 0 Å². The number of unbranched alkanes of at least 4 members (excludes halogenated alkanes) is 11. The Morgan fingerprint density at radius 2 is 0.603 bits per heavy atom. The maximum Gasteiger partial charge on any atom is 0.308 e. The Hall–Kier alpha value is -1.09. The Balaban J connectivity index is 3.09. The molecule has 0 aromatic heterocycles. The number of aliphatic hydroxyl groups excluding tert-OH is 2. The van der Waals surface area contributed by atoms with E-state index in [0.717, 1.165) is 13.0 Å². The lowest BCUT2D eigenvalue weighted by atomic mass is 10.1. The van der Waals surface area contributed by atoms with Crippen LogP contribution in [-0.2, 0) is 66.4 Å². The lowest BCUT2D eigenvalue weighted by Crippen LogP contribution is -2.22. The highest BCUT2D eigenvalue weighted by Crippen LogP contribution is 2.12. The van der Waals surface area contributed by atoms with E-state index in [4.69, 9.17) is 71.8 Å². The largest absolute Gasteiger partial charge is 0.463 e. The zero-order valence-corrected chi connectivity index (χ0v) is 36.3. The molecule has 0 rings (SSSR count). The SMILES string of the molecule is CCCCCCCCCCCCCCOCCOCCOCCOCCOCCOCCOCCOCCOCCOCCOCCOCCC(=O)OCC(O)CO. The van der Waals surface area contributed by atoms with Crippen LogP contribution in [0.3, 0.4) is 0 Å². The molecule has 0 radical (unpaired) electrons. The second kappa shape index (κ2) is 52.0. The van der Waals surface area contributed by atoms with E-state index in [9.17, 15) is 4.79 Å². The van der Waals surface area contributed by atoms with Gasteiger partial charge >= 0.3 is 5.97 Å². The van der Waals surface area contributed by atoms with Gasteiger partial charge in [-0.2, -0.15) is 0 Å². The van der Waals surface area contributed by atoms with Gasteiger partial charge in [-0.15, -0.1) is 0 Å². The molecule has 0 saturated carbocycles. The summed E-state index contributed by atoms with van der Waals surface area (Å²) in [5.41, 5.74) is 0. The zero-order valence-electron chi connectivity index (χ0n) is 36.3. The van der Waals surface area contributed by atoms with Crippen LogP contribution in [0.2, 0.25) is 0 Å².